The number of benzene rings is 1. The highest BCUT2D eigenvalue weighted by atomic mass is 16.5. The molecule has 0 bridgehead atoms. The number of aliphatic imine (C=N–C) groups is 1. The molecule has 7 nitrogen and oxygen atoms in total. The average molecular weight is 371 g/mol. The van der Waals surface area contributed by atoms with Crippen LogP contribution >= 0.6 is 0 Å². The van der Waals surface area contributed by atoms with Gasteiger partial charge in [0.2, 0.25) is 0 Å². The van der Waals surface area contributed by atoms with Crippen molar-refractivity contribution in [2.45, 2.75) is 45.9 Å². The van der Waals surface area contributed by atoms with E-state index in [-0.39, 0.29) is 6.10 Å². The lowest BCUT2D eigenvalue weighted by Gasteiger charge is -2.15. The van der Waals surface area contributed by atoms with Crippen molar-refractivity contribution in [2.24, 2.45) is 4.99 Å². The monoisotopic (exact) mass is 371 g/mol. The van der Waals surface area contributed by atoms with Crippen LogP contribution in [0, 0.1) is 0 Å². The normalized spacial score (nSPS) is 16.0. The van der Waals surface area contributed by atoms with Crippen LogP contribution < -0.4 is 20.1 Å². The average Bonchev–Trinajstić information content (AvgIpc) is 3.29. The molecule has 0 aliphatic carbocycles. The minimum Gasteiger partial charge on any atom is -0.494 e. The lowest BCUT2D eigenvalue weighted by atomic mass is 10.1. The predicted octanol–water partition coefficient (Wildman–Crippen LogP) is 2.36. The van der Waals surface area contributed by atoms with E-state index in [1.165, 1.54) is 5.56 Å². The molecule has 0 spiro atoms. The quantitative estimate of drug-likeness (QED) is 0.423. The molecule has 1 aliphatic heterocycles. The van der Waals surface area contributed by atoms with Gasteiger partial charge in [-0.15, -0.1) is 0 Å². The Kier molecular flexibility index (Phi) is 6.57. The molecule has 3 rings (SSSR count). The molecule has 1 atom stereocenters. The summed E-state index contributed by atoms with van der Waals surface area (Å²) in [6, 6.07) is 4.20. The second-order valence-corrected chi connectivity index (χ2v) is 6.64. The molecule has 0 fully saturated rings. The van der Waals surface area contributed by atoms with E-state index < -0.39 is 0 Å². The standard InChI is InChI=1S/C20H29N5O2/c1-4-26-18-11-16-10-15(2)27-19(16)12-17(18)13-24-20(21-3)23-6-5-8-25-9-7-22-14-25/h7,9,11-12,14-15H,4-6,8,10,13H2,1-3H3,(H2,21,23,24). The minimum absolute atomic E-state index is 0.225. The second kappa shape index (κ2) is 9.30. The number of ether oxygens (including phenoxy) is 2. The second-order valence-electron chi connectivity index (χ2n) is 6.64. The zero-order valence-electron chi connectivity index (χ0n) is 16.4. The van der Waals surface area contributed by atoms with Crippen LogP contribution in [0.3, 0.4) is 0 Å². The van der Waals surface area contributed by atoms with Crippen LogP contribution in [-0.2, 0) is 19.5 Å². The van der Waals surface area contributed by atoms with Gasteiger partial charge in [0.05, 0.1) is 12.9 Å². The van der Waals surface area contributed by atoms with Crippen molar-refractivity contribution in [2.75, 3.05) is 20.2 Å². The van der Waals surface area contributed by atoms with Crippen molar-refractivity contribution in [1.29, 1.82) is 0 Å². The molecule has 1 unspecified atom stereocenters. The fourth-order valence-corrected chi connectivity index (χ4v) is 3.20. The fraction of sp³-hybridized carbons (Fsp3) is 0.500. The number of guanidine groups is 1. The van der Waals surface area contributed by atoms with Crippen LogP contribution in [0.4, 0.5) is 0 Å². The topological polar surface area (TPSA) is 72.7 Å². The van der Waals surface area contributed by atoms with E-state index in [1.807, 2.05) is 19.4 Å². The van der Waals surface area contributed by atoms with Gasteiger partial charge in [0.25, 0.3) is 0 Å². The molecule has 1 aromatic carbocycles. The van der Waals surface area contributed by atoms with Gasteiger partial charge in [0.1, 0.15) is 17.6 Å². The summed E-state index contributed by atoms with van der Waals surface area (Å²) in [5, 5.41) is 6.71. The Hall–Kier alpha value is -2.70. The lowest BCUT2D eigenvalue weighted by molar-refractivity contribution is 0.254. The first kappa shape index (κ1) is 19.1. The summed E-state index contributed by atoms with van der Waals surface area (Å²) in [4.78, 5) is 8.35. The summed E-state index contributed by atoms with van der Waals surface area (Å²) >= 11 is 0. The third kappa shape index (κ3) is 5.15. The summed E-state index contributed by atoms with van der Waals surface area (Å²) in [5.41, 5.74) is 2.29. The highest BCUT2D eigenvalue weighted by Crippen LogP contribution is 2.35. The zero-order valence-corrected chi connectivity index (χ0v) is 16.4. The van der Waals surface area contributed by atoms with Crippen LogP contribution in [0.5, 0.6) is 11.5 Å². The highest BCUT2D eigenvalue weighted by molar-refractivity contribution is 5.79. The SMILES string of the molecule is CCOc1cc2c(cc1CNC(=NC)NCCCn1ccnc1)OC(C)C2. The van der Waals surface area contributed by atoms with Crippen LogP contribution in [-0.4, -0.2) is 41.8 Å². The lowest BCUT2D eigenvalue weighted by Crippen LogP contribution is -2.37. The maximum absolute atomic E-state index is 5.89. The minimum atomic E-state index is 0.225. The molecule has 0 saturated heterocycles. The largest absolute Gasteiger partial charge is 0.494 e. The van der Waals surface area contributed by atoms with Gasteiger partial charge in [0, 0.05) is 56.6 Å². The van der Waals surface area contributed by atoms with Gasteiger partial charge in [-0.25, -0.2) is 4.98 Å². The van der Waals surface area contributed by atoms with Crippen molar-refractivity contribution >= 4 is 5.96 Å². The van der Waals surface area contributed by atoms with Crippen molar-refractivity contribution in [3.05, 3.63) is 42.0 Å². The van der Waals surface area contributed by atoms with E-state index >= 15 is 0 Å². The van der Waals surface area contributed by atoms with Gasteiger partial charge in [-0.05, 0) is 32.4 Å². The number of aryl methyl sites for hydroxylation is 1. The number of rotatable bonds is 8. The zero-order chi connectivity index (χ0) is 19.1. The molecule has 2 heterocycles. The van der Waals surface area contributed by atoms with E-state index in [1.54, 1.807) is 13.2 Å². The Morgan fingerprint density at radius 3 is 3.04 bits per heavy atom. The van der Waals surface area contributed by atoms with Gasteiger partial charge in [-0.3, -0.25) is 4.99 Å². The van der Waals surface area contributed by atoms with Gasteiger partial charge < -0.3 is 24.7 Å². The number of hydrogen-bond acceptors (Lipinski definition) is 4. The Labute approximate surface area is 160 Å². The summed E-state index contributed by atoms with van der Waals surface area (Å²) < 4.78 is 13.8. The first-order valence-electron chi connectivity index (χ1n) is 9.55. The van der Waals surface area contributed by atoms with Gasteiger partial charge >= 0.3 is 0 Å². The molecule has 2 aromatic rings. The van der Waals surface area contributed by atoms with Gasteiger partial charge in [0.15, 0.2) is 5.96 Å². The molecule has 1 aliphatic rings. The Bertz CT molecular complexity index is 758. The number of fused-ring (bicyclic) bond motifs is 1. The molecule has 146 valence electrons. The maximum Gasteiger partial charge on any atom is 0.191 e. The first-order valence-corrected chi connectivity index (χ1v) is 9.55. The number of hydrogen-bond donors (Lipinski definition) is 2. The smallest absolute Gasteiger partial charge is 0.191 e. The number of nitrogens with zero attached hydrogens (tertiary/aromatic N) is 3. The Morgan fingerprint density at radius 2 is 2.30 bits per heavy atom. The number of aromatic nitrogens is 2. The summed E-state index contributed by atoms with van der Waals surface area (Å²) in [7, 11) is 1.78. The third-order valence-electron chi connectivity index (χ3n) is 4.49. The molecular formula is C20H29N5O2. The van der Waals surface area contributed by atoms with E-state index in [9.17, 15) is 0 Å². The molecule has 2 N–H and O–H groups in total. The Morgan fingerprint density at radius 1 is 1.41 bits per heavy atom. The van der Waals surface area contributed by atoms with Crippen molar-refractivity contribution in [1.82, 2.24) is 20.2 Å². The highest BCUT2D eigenvalue weighted by Gasteiger charge is 2.21. The maximum atomic E-state index is 5.89. The van der Waals surface area contributed by atoms with E-state index in [0.29, 0.717) is 13.2 Å². The van der Waals surface area contributed by atoms with Gasteiger partial charge in [-0.2, -0.15) is 0 Å². The van der Waals surface area contributed by atoms with E-state index in [4.69, 9.17) is 9.47 Å². The van der Waals surface area contributed by atoms with E-state index in [2.05, 4.69) is 44.2 Å². The molecule has 7 heteroatoms. The molecule has 0 radical (unpaired) electrons. The molecule has 0 amide bonds. The van der Waals surface area contributed by atoms with Crippen LogP contribution in [0.1, 0.15) is 31.4 Å². The first-order chi connectivity index (χ1) is 13.2. The summed E-state index contributed by atoms with van der Waals surface area (Å²) in [6.07, 6.45) is 7.75. The summed E-state index contributed by atoms with van der Waals surface area (Å²) in [6.45, 7) is 7.13. The Balaban J connectivity index is 1.53. The predicted molar refractivity (Wildman–Crippen MR) is 106 cm³/mol. The van der Waals surface area contributed by atoms with Crippen molar-refractivity contribution < 1.29 is 9.47 Å². The van der Waals surface area contributed by atoms with Crippen molar-refractivity contribution in [3.8, 4) is 11.5 Å². The molecular weight excluding hydrogens is 342 g/mol. The molecule has 1 aromatic heterocycles. The fourth-order valence-electron chi connectivity index (χ4n) is 3.20. The van der Waals surface area contributed by atoms with Crippen LogP contribution in [0.2, 0.25) is 0 Å². The van der Waals surface area contributed by atoms with Crippen LogP contribution in [0.25, 0.3) is 0 Å². The molecule has 27 heavy (non-hydrogen) atoms. The molecule has 0 saturated carbocycles. The summed E-state index contributed by atoms with van der Waals surface area (Å²) in [5.74, 6) is 2.65. The number of nitrogens with one attached hydrogen (secondary N) is 2. The van der Waals surface area contributed by atoms with Crippen LogP contribution in [0.15, 0.2) is 35.8 Å². The van der Waals surface area contributed by atoms with E-state index in [0.717, 1.165) is 49.0 Å². The van der Waals surface area contributed by atoms with Gasteiger partial charge in [-0.1, -0.05) is 0 Å². The number of imidazole rings is 1. The van der Waals surface area contributed by atoms with Crippen molar-refractivity contribution in [3.63, 3.8) is 0 Å². The third-order valence-corrected chi connectivity index (χ3v) is 4.49.